The van der Waals surface area contributed by atoms with Gasteiger partial charge in [-0.05, 0) is 56.2 Å². The average molecular weight is 314 g/mol. The van der Waals surface area contributed by atoms with Crippen LogP contribution in [0.4, 0.5) is 0 Å². The Morgan fingerprint density at radius 2 is 1.96 bits per heavy atom. The maximum absolute atomic E-state index is 12.5. The van der Waals surface area contributed by atoms with Crippen molar-refractivity contribution in [2.45, 2.75) is 64.0 Å². The van der Waals surface area contributed by atoms with E-state index in [1.165, 1.54) is 43.2 Å². The summed E-state index contributed by atoms with van der Waals surface area (Å²) < 4.78 is 0. The third kappa shape index (κ3) is 3.95. The van der Waals surface area contributed by atoms with Gasteiger partial charge in [0.25, 0.3) is 0 Å². The highest BCUT2D eigenvalue weighted by molar-refractivity contribution is 5.78. The molecule has 1 aromatic carbocycles. The SMILES string of the molecule is C[C@H]1CCCC[C@H]1NC(=O)CN(C)[C@@H]1CCCc2ccccc21. The van der Waals surface area contributed by atoms with Gasteiger partial charge in [-0.25, -0.2) is 0 Å². The molecule has 2 aliphatic carbocycles. The number of aryl methyl sites for hydroxylation is 1. The van der Waals surface area contributed by atoms with E-state index in [9.17, 15) is 4.79 Å². The number of benzene rings is 1. The minimum atomic E-state index is 0.189. The van der Waals surface area contributed by atoms with Crippen LogP contribution in [-0.2, 0) is 11.2 Å². The molecule has 3 nitrogen and oxygen atoms in total. The Morgan fingerprint density at radius 1 is 1.17 bits per heavy atom. The zero-order valence-corrected chi connectivity index (χ0v) is 14.6. The minimum absolute atomic E-state index is 0.189. The number of amides is 1. The molecule has 0 heterocycles. The van der Waals surface area contributed by atoms with Crippen LogP contribution in [0.25, 0.3) is 0 Å². The van der Waals surface area contributed by atoms with Gasteiger partial charge in [-0.3, -0.25) is 9.69 Å². The molecule has 0 aromatic heterocycles. The highest BCUT2D eigenvalue weighted by Crippen LogP contribution is 2.33. The van der Waals surface area contributed by atoms with Gasteiger partial charge in [0.15, 0.2) is 0 Å². The molecule has 23 heavy (non-hydrogen) atoms. The van der Waals surface area contributed by atoms with Crippen LogP contribution in [0.15, 0.2) is 24.3 Å². The first-order chi connectivity index (χ1) is 11.1. The second-order valence-corrected chi connectivity index (χ2v) is 7.46. The maximum Gasteiger partial charge on any atom is 0.234 e. The number of carbonyl (C=O) groups excluding carboxylic acids is 1. The summed E-state index contributed by atoms with van der Waals surface area (Å²) in [4.78, 5) is 14.7. The second kappa shape index (κ2) is 7.48. The fourth-order valence-corrected chi connectivity index (χ4v) is 4.31. The van der Waals surface area contributed by atoms with Gasteiger partial charge in [-0.2, -0.15) is 0 Å². The third-order valence-electron chi connectivity index (χ3n) is 5.72. The van der Waals surface area contributed by atoms with Crippen molar-refractivity contribution in [2.75, 3.05) is 13.6 Å². The van der Waals surface area contributed by atoms with Gasteiger partial charge in [0.1, 0.15) is 0 Å². The Morgan fingerprint density at radius 3 is 2.78 bits per heavy atom. The first-order valence-electron chi connectivity index (χ1n) is 9.22. The van der Waals surface area contributed by atoms with E-state index in [0.717, 1.165) is 12.8 Å². The molecule has 3 rings (SSSR count). The van der Waals surface area contributed by atoms with Crippen LogP contribution in [0.5, 0.6) is 0 Å². The van der Waals surface area contributed by atoms with E-state index in [1.54, 1.807) is 0 Å². The molecule has 126 valence electrons. The van der Waals surface area contributed by atoms with Crippen molar-refractivity contribution in [3.05, 3.63) is 35.4 Å². The summed E-state index contributed by atoms with van der Waals surface area (Å²) in [6, 6.07) is 9.47. The van der Waals surface area contributed by atoms with Crippen molar-refractivity contribution in [3.63, 3.8) is 0 Å². The average Bonchev–Trinajstić information content (AvgIpc) is 2.56. The van der Waals surface area contributed by atoms with E-state index in [-0.39, 0.29) is 5.91 Å². The first kappa shape index (κ1) is 16.5. The molecule has 0 spiro atoms. The van der Waals surface area contributed by atoms with Gasteiger partial charge >= 0.3 is 0 Å². The number of hydrogen-bond acceptors (Lipinski definition) is 2. The number of likely N-dealkylation sites (N-methyl/N-ethyl adjacent to an activating group) is 1. The smallest absolute Gasteiger partial charge is 0.234 e. The Balaban J connectivity index is 1.59. The summed E-state index contributed by atoms with van der Waals surface area (Å²) in [6.07, 6.45) is 8.49. The summed E-state index contributed by atoms with van der Waals surface area (Å²) in [7, 11) is 2.09. The maximum atomic E-state index is 12.5. The number of fused-ring (bicyclic) bond motifs is 1. The van der Waals surface area contributed by atoms with E-state index >= 15 is 0 Å². The molecule has 0 aliphatic heterocycles. The summed E-state index contributed by atoms with van der Waals surface area (Å²) in [6.45, 7) is 2.77. The van der Waals surface area contributed by atoms with E-state index in [4.69, 9.17) is 0 Å². The number of carbonyl (C=O) groups is 1. The van der Waals surface area contributed by atoms with E-state index < -0.39 is 0 Å². The first-order valence-corrected chi connectivity index (χ1v) is 9.22. The van der Waals surface area contributed by atoms with E-state index in [2.05, 4.69) is 48.5 Å². The van der Waals surface area contributed by atoms with Gasteiger partial charge in [0.2, 0.25) is 5.91 Å². The number of rotatable bonds is 4. The molecule has 0 radical (unpaired) electrons. The summed E-state index contributed by atoms with van der Waals surface area (Å²) >= 11 is 0. The highest BCUT2D eigenvalue weighted by Gasteiger charge is 2.27. The molecule has 1 fully saturated rings. The standard InChI is InChI=1S/C20H30N2O/c1-15-8-3-6-12-18(15)21-20(23)14-22(2)19-13-7-10-16-9-4-5-11-17(16)19/h4-5,9,11,15,18-19H,3,6-8,10,12-14H2,1-2H3,(H,21,23)/t15-,18+,19+/m0/s1. The Bertz CT molecular complexity index is 542. The predicted octanol–water partition coefficient (Wildman–Crippen LogP) is 3.69. The summed E-state index contributed by atoms with van der Waals surface area (Å²) in [5.41, 5.74) is 2.87. The van der Waals surface area contributed by atoms with Crippen molar-refractivity contribution in [1.29, 1.82) is 0 Å². The summed E-state index contributed by atoms with van der Waals surface area (Å²) in [5.74, 6) is 0.808. The molecule has 0 saturated heterocycles. The lowest BCUT2D eigenvalue weighted by molar-refractivity contribution is -0.123. The van der Waals surface area contributed by atoms with Gasteiger partial charge in [0.05, 0.1) is 6.54 Å². The number of nitrogens with zero attached hydrogens (tertiary/aromatic N) is 1. The number of nitrogens with one attached hydrogen (secondary N) is 1. The largest absolute Gasteiger partial charge is 0.352 e. The summed E-state index contributed by atoms with van der Waals surface area (Å²) in [5, 5.41) is 3.28. The van der Waals surface area contributed by atoms with Crippen molar-refractivity contribution in [2.24, 2.45) is 5.92 Å². The lowest BCUT2D eigenvalue weighted by Gasteiger charge is -2.34. The fraction of sp³-hybridized carbons (Fsp3) is 0.650. The molecular formula is C20H30N2O. The molecule has 3 atom stereocenters. The third-order valence-corrected chi connectivity index (χ3v) is 5.72. The van der Waals surface area contributed by atoms with Gasteiger partial charge in [-0.1, -0.05) is 44.0 Å². The number of hydrogen-bond donors (Lipinski definition) is 1. The lowest BCUT2D eigenvalue weighted by Crippen LogP contribution is -2.45. The van der Waals surface area contributed by atoms with Crippen molar-refractivity contribution < 1.29 is 4.79 Å². The molecule has 1 amide bonds. The minimum Gasteiger partial charge on any atom is -0.352 e. The van der Waals surface area contributed by atoms with Crippen LogP contribution < -0.4 is 5.32 Å². The lowest BCUT2D eigenvalue weighted by atomic mass is 9.86. The quantitative estimate of drug-likeness (QED) is 0.919. The fourth-order valence-electron chi connectivity index (χ4n) is 4.31. The van der Waals surface area contributed by atoms with E-state index in [0.29, 0.717) is 24.5 Å². The highest BCUT2D eigenvalue weighted by atomic mass is 16.2. The monoisotopic (exact) mass is 314 g/mol. The Hall–Kier alpha value is -1.35. The van der Waals surface area contributed by atoms with Crippen molar-refractivity contribution >= 4 is 5.91 Å². The topological polar surface area (TPSA) is 32.3 Å². The van der Waals surface area contributed by atoms with Crippen LogP contribution in [0.2, 0.25) is 0 Å². The molecule has 0 bridgehead atoms. The van der Waals surface area contributed by atoms with Crippen LogP contribution >= 0.6 is 0 Å². The van der Waals surface area contributed by atoms with Gasteiger partial charge < -0.3 is 5.32 Å². The van der Waals surface area contributed by atoms with Crippen LogP contribution in [-0.4, -0.2) is 30.4 Å². The second-order valence-electron chi connectivity index (χ2n) is 7.46. The van der Waals surface area contributed by atoms with Crippen molar-refractivity contribution in [1.82, 2.24) is 10.2 Å². The Labute approximate surface area is 140 Å². The van der Waals surface area contributed by atoms with E-state index in [1.807, 2.05) is 0 Å². The van der Waals surface area contributed by atoms with Gasteiger partial charge in [0, 0.05) is 12.1 Å². The van der Waals surface area contributed by atoms with Gasteiger partial charge in [-0.15, -0.1) is 0 Å². The normalized spacial score (nSPS) is 27.5. The molecular weight excluding hydrogens is 284 g/mol. The molecule has 1 N–H and O–H groups in total. The zero-order chi connectivity index (χ0) is 16.2. The molecule has 1 saturated carbocycles. The molecule has 2 aliphatic rings. The van der Waals surface area contributed by atoms with Crippen LogP contribution in [0.1, 0.15) is 62.6 Å². The molecule has 1 aromatic rings. The molecule has 3 heteroatoms. The molecule has 0 unspecified atom stereocenters. The Kier molecular flexibility index (Phi) is 5.37. The predicted molar refractivity (Wildman–Crippen MR) is 94.3 cm³/mol. The zero-order valence-electron chi connectivity index (χ0n) is 14.6. The van der Waals surface area contributed by atoms with Crippen molar-refractivity contribution in [3.8, 4) is 0 Å². The van der Waals surface area contributed by atoms with Crippen LogP contribution in [0, 0.1) is 5.92 Å². The van der Waals surface area contributed by atoms with Crippen LogP contribution in [0.3, 0.4) is 0 Å².